The second-order valence-corrected chi connectivity index (χ2v) is 3.31. The predicted octanol–water partition coefficient (Wildman–Crippen LogP) is 2.50. The molecule has 0 unspecified atom stereocenters. The van der Waals surface area contributed by atoms with E-state index < -0.39 is 23.1 Å². The lowest BCUT2D eigenvalue weighted by Gasteiger charge is -2.02. The third kappa shape index (κ3) is 1.69. The minimum absolute atomic E-state index is 0.195. The number of carbonyl (C=O) groups is 1. The van der Waals surface area contributed by atoms with Gasteiger partial charge in [-0.15, -0.1) is 0 Å². The largest absolute Gasteiger partial charge is 0.269 e. The number of benzene rings is 1. The average Bonchev–Trinajstić information content (AvgIpc) is 2.54. The lowest BCUT2D eigenvalue weighted by molar-refractivity contribution is 0.0945. The van der Waals surface area contributed by atoms with Crippen molar-refractivity contribution in [1.82, 2.24) is 9.55 Å². The van der Waals surface area contributed by atoms with Gasteiger partial charge in [-0.1, -0.05) is 18.2 Å². The van der Waals surface area contributed by atoms with Gasteiger partial charge in [0, 0.05) is 5.56 Å². The summed E-state index contributed by atoms with van der Waals surface area (Å²) in [7, 11) is 0. The van der Waals surface area contributed by atoms with Gasteiger partial charge in [-0.25, -0.2) is 4.57 Å². The third-order valence-corrected chi connectivity index (χ3v) is 2.22. The Kier molecular flexibility index (Phi) is 2.70. The summed E-state index contributed by atoms with van der Waals surface area (Å²) >= 11 is 5.45. The first-order valence-corrected chi connectivity index (χ1v) is 4.68. The molecule has 0 bridgehead atoms. The molecule has 2 aromatic rings. The smallest absolute Gasteiger partial charge is 0.268 e. The normalized spacial score (nSPS) is 10.4. The molecule has 0 saturated carbocycles. The van der Waals surface area contributed by atoms with Crippen LogP contribution in [0.15, 0.2) is 30.3 Å². The van der Waals surface area contributed by atoms with Crippen molar-refractivity contribution in [3.63, 3.8) is 0 Å². The maximum atomic E-state index is 13.2. The van der Waals surface area contributed by atoms with Gasteiger partial charge in [-0.2, -0.15) is 13.8 Å². The van der Waals surface area contributed by atoms with Gasteiger partial charge in [-0.05, 0) is 23.7 Å². The molecule has 0 aliphatic heterocycles. The van der Waals surface area contributed by atoms with E-state index in [9.17, 15) is 13.6 Å². The fraction of sp³-hybridized carbons (Fsp3) is 0. The predicted molar refractivity (Wildman–Crippen MR) is 53.3 cm³/mol. The number of hydrogen-bond acceptors (Lipinski definition) is 2. The number of nitrogens with zero attached hydrogens (tertiary/aromatic N) is 2. The van der Waals surface area contributed by atoms with Crippen molar-refractivity contribution < 1.29 is 13.6 Å². The maximum Gasteiger partial charge on any atom is 0.269 e. The molecule has 82 valence electrons. The molecule has 1 heterocycles. The first-order valence-electron chi connectivity index (χ1n) is 4.30. The third-order valence-electron chi connectivity index (χ3n) is 1.97. The molecule has 2 rings (SSSR count). The Bertz CT molecular complexity index is 539. The Morgan fingerprint density at radius 2 is 1.88 bits per heavy atom. The van der Waals surface area contributed by atoms with Gasteiger partial charge in [0.25, 0.3) is 17.8 Å². The van der Waals surface area contributed by atoms with E-state index in [1.54, 1.807) is 18.2 Å². The summed E-state index contributed by atoms with van der Waals surface area (Å²) < 4.78 is 26.3. The van der Waals surface area contributed by atoms with Gasteiger partial charge in [0.2, 0.25) is 5.28 Å². The highest BCUT2D eigenvalue weighted by Gasteiger charge is 2.21. The van der Waals surface area contributed by atoms with E-state index in [4.69, 9.17) is 11.6 Å². The van der Waals surface area contributed by atoms with Crippen LogP contribution in [0.2, 0.25) is 5.28 Å². The van der Waals surface area contributed by atoms with Crippen molar-refractivity contribution in [3.8, 4) is 0 Å². The molecule has 0 amide bonds. The minimum atomic E-state index is -1.39. The molecule has 1 aromatic heterocycles. The molecule has 0 spiro atoms. The lowest BCUT2D eigenvalue weighted by atomic mass is 10.2. The van der Waals surface area contributed by atoms with E-state index in [-0.39, 0.29) is 5.56 Å². The highest BCUT2D eigenvalue weighted by molar-refractivity contribution is 6.29. The van der Waals surface area contributed by atoms with Gasteiger partial charge in [0.05, 0.1) is 0 Å². The molecule has 16 heavy (non-hydrogen) atoms. The number of hydrogen-bond donors (Lipinski definition) is 0. The maximum absolute atomic E-state index is 13.2. The summed E-state index contributed by atoms with van der Waals surface area (Å²) in [5, 5.41) is -0.538. The quantitative estimate of drug-likeness (QED) is 0.770. The molecule has 0 saturated heterocycles. The zero-order chi connectivity index (χ0) is 11.7. The van der Waals surface area contributed by atoms with Gasteiger partial charge in [-0.3, -0.25) is 4.79 Å². The van der Waals surface area contributed by atoms with E-state index in [0.717, 1.165) is 0 Å². The summed E-state index contributed by atoms with van der Waals surface area (Å²) in [6, 6.07) is 7.84. The van der Waals surface area contributed by atoms with Crippen LogP contribution in [0.1, 0.15) is 10.4 Å². The van der Waals surface area contributed by atoms with Crippen molar-refractivity contribution >= 4 is 17.5 Å². The summed E-state index contributed by atoms with van der Waals surface area (Å²) in [4.78, 5) is 14.8. The van der Waals surface area contributed by atoms with Crippen molar-refractivity contribution in [2.75, 3.05) is 0 Å². The minimum Gasteiger partial charge on any atom is -0.268 e. The van der Waals surface area contributed by atoms with Crippen molar-refractivity contribution in [2.24, 2.45) is 0 Å². The van der Waals surface area contributed by atoms with Crippen LogP contribution < -0.4 is 0 Å². The first-order chi connectivity index (χ1) is 7.61. The van der Waals surface area contributed by atoms with Crippen molar-refractivity contribution in [3.05, 3.63) is 53.1 Å². The lowest BCUT2D eigenvalue weighted by Crippen LogP contribution is -2.14. The van der Waals surface area contributed by atoms with Crippen molar-refractivity contribution in [2.45, 2.75) is 0 Å². The molecule has 1 aromatic carbocycles. The van der Waals surface area contributed by atoms with E-state index in [1.807, 2.05) is 0 Å². The molecule has 0 N–H and O–H groups in total. The Labute approximate surface area is 94.3 Å². The van der Waals surface area contributed by atoms with Crippen LogP contribution in [-0.4, -0.2) is 15.5 Å². The van der Waals surface area contributed by atoms with Crippen LogP contribution in [-0.2, 0) is 0 Å². The first kappa shape index (κ1) is 10.8. The molecule has 0 radical (unpaired) electrons. The van der Waals surface area contributed by atoms with Crippen LogP contribution in [0.25, 0.3) is 0 Å². The van der Waals surface area contributed by atoms with Gasteiger partial charge < -0.3 is 0 Å². The topological polar surface area (TPSA) is 34.9 Å². The van der Waals surface area contributed by atoms with E-state index in [1.165, 1.54) is 12.1 Å². The fourth-order valence-corrected chi connectivity index (χ4v) is 1.46. The Balaban J connectivity index is 2.50. The molecule has 0 atom stereocenters. The molecule has 3 nitrogen and oxygen atoms in total. The Hall–Kier alpha value is -1.75. The highest BCUT2D eigenvalue weighted by Crippen LogP contribution is 2.15. The summed E-state index contributed by atoms with van der Waals surface area (Å²) in [5.41, 5.74) is 0.195. The van der Waals surface area contributed by atoms with Gasteiger partial charge in [0.1, 0.15) is 0 Å². The van der Waals surface area contributed by atoms with Crippen LogP contribution in [0.3, 0.4) is 0 Å². The number of rotatable bonds is 1. The Morgan fingerprint density at radius 3 is 2.38 bits per heavy atom. The molecule has 0 aliphatic carbocycles. The highest BCUT2D eigenvalue weighted by atomic mass is 35.5. The molecule has 6 heteroatoms. The van der Waals surface area contributed by atoms with Crippen LogP contribution in [0.5, 0.6) is 0 Å². The number of carbonyl (C=O) groups excluding carboxylic acids is 1. The summed E-state index contributed by atoms with van der Waals surface area (Å²) in [5.74, 6) is -3.55. The van der Waals surface area contributed by atoms with E-state index in [2.05, 4.69) is 4.98 Å². The number of aromatic nitrogens is 2. The van der Waals surface area contributed by atoms with E-state index in [0.29, 0.717) is 4.57 Å². The van der Waals surface area contributed by atoms with Gasteiger partial charge in [0.15, 0.2) is 0 Å². The standard InChI is InChI=1S/C10H5ClF2N2O/c11-10-14-7(12)8(13)15(10)9(16)6-4-2-1-3-5-6/h1-5H. The van der Waals surface area contributed by atoms with Gasteiger partial charge >= 0.3 is 0 Å². The SMILES string of the molecule is O=C(c1ccccc1)n1c(Cl)nc(F)c1F. The van der Waals surface area contributed by atoms with E-state index >= 15 is 0 Å². The molecular weight excluding hydrogens is 238 g/mol. The van der Waals surface area contributed by atoms with Crippen LogP contribution >= 0.6 is 11.6 Å². The van der Waals surface area contributed by atoms with Crippen molar-refractivity contribution in [1.29, 1.82) is 0 Å². The zero-order valence-electron chi connectivity index (χ0n) is 7.82. The Morgan fingerprint density at radius 1 is 1.25 bits per heavy atom. The monoisotopic (exact) mass is 242 g/mol. The second kappa shape index (κ2) is 4.02. The number of halogens is 3. The second-order valence-electron chi connectivity index (χ2n) is 2.97. The summed E-state index contributed by atoms with van der Waals surface area (Å²) in [6.45, 7) is 0. The van der Waals surface area contributed by atoms with Crippen LogP contribution in [0, 0.1) is 11.9 Å². The average molecular weight is 243 g/mol. The zero-order valence-corrected chi connectivity index (χ0v) is 8.58. The fourth-order valence-electron chi connectivity index (χ4n) is 1.23. The molecule has 0 aliphatic rings. The molecule has 0 fully saturated rings. The summed E-state index contributed by atoms with van der Waals surface area (Å²) in [6.07, 6.45) is 0. The molecular formula is C10H5ClF2N2O. The van der Waals surface area contributed by atoms with Crippen LogP contribution in [0.4, 0.5) is 8.78 Å². The number of imidazole rings is 1.